The Labute approximate surface area is 102 Å². The maximum Gasteiger partial charge on any atom is 0.220 e. The highest BCUT2D eigenvalue weighted by Crippen LogP contribution is 2.18. The molecule has 1 aromatic rings. The first-order valence-corrected chi connectivity index (χ1v) is 5.99. The van der Waals surface area contributed by atoms with Crippen LogP contribution < -0.4 is 5.32 Å². The van der Waals surface area contributed by atoms with Crippen LogP contribution in [0.3, 0.4) is 0 Å². The van der Waals surface area contributed by atoms with Crippen molar-refractivity contribution in [3.8, 4) is 0 Å². The molecule has 1 rings (SSSR count). The third kappa shape index (κ3) is 4.67. The molecule has 1 amide bonds. The molecule has 0 aliphatic rings. The first-order chi connectivity index (χ1) is 7.59. The maximum atomic E-state index is 11.4. The SMILES string of the molecule is CC(C)CC(=O)NCC(Cl)c1ccccc1. The van der Waals surface area contributed by atoms with Crippen molar-refractivity contribution in [3.63, 3.8) is 0 Å². The molecular formula is C13H18ClNO. The highest BCUT2D eigenvalue weighted by Gasteiger charge is 2.09. The summed E-state index contributed by atoms with van der Waals surface area (Å²) in [7, 11) is 0. The van der Waals surface area contributed by atoms with Gasteiger partial charge in [0.2, 0.25) is 5.91 Å². The van der Waals surface area contributed by atoms with Crippen LogP contribution in [0.1, 0.15) is 31.2 Å². The molecule has 2 nitrogen and oxygen atoms in total. The summed E-state index contributed by atoms with van der Waals surface area (Å²) < 4.78 is 0. The lowest BCUT2D eigenvalue weighted by Gasteiger charge is -2.12. The fourth-order valence-corrected chi connectivity index (χ4v) is 1.65. The summed E-state index contributed by atoms with van der Waals surface area (Å²) in [5, 5.41) is 2.69. The smallest absolute Gasteiger partial charge is 0.220 e. The van der Waals surface area contributed by atoms with E-state index in [0.29, 0.717) is 18.9 Å². The minimum atomic E-state index is -0.155. The van der Waals surface area contributed by atoms with Gasteiger partial charge in [-0.05, 0) is 11.5 Å². The second-order valence-corrected chi connectivity index (χ2v) is 4.81. The van der Waals surface area contributed by atoms with Crippen LogP contribution in [0.2, 0.25) is 0 Å². The number of halogens is 1. The van der Waals surface area contributed by atoms with Crippen LogP contribution in [0.15, 0.2) is 30.3 Å². The van der Waals surface area contributed by atoms with Gasteiger partial charge in [0.05, 0.1) is 5.38 Å². The van der Waals surface area contributed by atoms with E-state index < -0.39 is 0 Å². The van der Waals surface area contributed by atoms with Gasteiger partial charge in [-0.3, -0.25) is 4.79 Å². The molecule has 0 aliphatic heterocycles. The van der Waals surface area contributed by atoms with Crippen LogP contribution in [0.4, 0.5) is 0 Å². The van der Waals surface area contributed by atoms with Crippen LogP contribution in [0.25, 0.3) is 0 Å². The molecule has 0 spiro atoms. The molecule has 0 saturated carbocycles. The van der Waals surface area contributed by atoms with Crippen LogP contribution in [-0.4, -0.2) is 12.5 Å². The lowest BCUT2D eigenvalue weighted by Crippen LogP contribution is -2.27. The van der Waals surface area contributed by atoms with Crippen molar-refractivity contribution in [2.45, 2.75) is 25.6 Å². The van der Waals surface area contributed by atoms with Crippen LogP contribution in [-0.2, 0) is 4.79 Å². The second-order valence-electron chi connectivity index (χ2n) is 4.28. The van der Waals surface area contributed by atoms with Crippen molar-refractivity contribution in [2.75, 3.05) is 6.54 Å². The average Bonchev–Trinajstić information content (AvgIpc) is 2.26. The summed E-state index contributed by atoms with van der Waals surface area (Å²) in [6.07, 6.45) is 0.554. The molecule has 3 heteroatoms. The minimum absolute atomic E-state index is 0.0663. The lowest BCUT2D eigenvalue weighted by atomic mass is 10.1. The zero-order valence-electron chi connectivity index (χ0n) is 9.74. The second kappa shape index (κ2) is 6.54. The number of hydrogen-bond donors (Lipinski definition) is 1. The quantitative estimate of drug-likeness (QED) is 0.786. The first-order valence-electron chi connectivity index (χ1n) is 5.55. The third-order valence-electron chi connectivity index (χ3n) is 2.23. The van der Waals surface area contributed by atoms with Gasteiger partial charge in [-0.15, -0.1) is 11.6 Å². The number of carbonyl (C=O) groups excluding carboxylic acids is 1. The van der Waals surface area contributed by atoms with E-state index in [4.69, 9.17) is 11.6 Å². The summed E-state index contributed by atoms with van der Waals surface area (Å²) in [5.41, 5.74) is 1.04. The van der Waals surface area contributed by atoms with Gasteiger partial charge in [-0.2, -0.15) is 0 Å². The number of amides is 1. The lowest BCUT2D eigenvalue weighted by molar-refractivity contribution is -0.121. The molecule has 1 atom stereocenters. The van der Waals surface area contributed by atoms with Crippen molar-refractivity contribution in [1.29, 1.82) is 0 Å². The molecule has 0 aromatic heterocycles. The topological polar surface area (TPSA) is 29.1 Å². The standard InChI is InChI=1S/C13H18ClNO/c1-10(2)8-13(16)15-9-12(14)11-6-4-3-5-7-11/h3-7,10,12H,8-9H2,1-2H3,(H,15,16). The largest absolute Gasteiger partial charge is 0.354 e. The number of benzene rings is 1. The van der Waals surface area contributed by atoms with Crippen LogP contribution in [0, 0.1) is 5.92 Å². The Hall–Kier alpha value is -1.02. The summed E-state index contributed by atoms with van der Waals surface area (Å²) in [6, 6.07) is 9.77. The molecular weight excluding hydrogens is 222 g/mol. The summed E-state index contributed by atoms with van der Waals surface area (Å²) in [4.78, 5) is 11.4. The fraction of sp³-hybridized carbons (Fsp3) is 0.462. The van der Waals surface area contributed by atoms with Gasteiger partial charge in [0.25, 0.3) is 0 Å². The van der Waals surface area contributed by atoms with Gasteiger partial charge in [-0.1, -0.05) is 44.2 Å². The number of carbonyl (C=O) groups is 1. The normalized spacial score (nSPS) is 12.5. The van der Waals surface area contributed by atoms with Crippen LogP contribution >= 0.6 is 11.6 Å². The molecule has 1 unspecified atom stereocenters. The monoisotopic (exact) mass is 239 g/mol. The Kier molecular flexibility index (Phi) is 5.33. The highest BCUT2D eigenvalue weighted by molar-refractivity contribution is 6.21. The summed E-state index contributed by atoms with van der Waals surface area (Å²) in [5.74, 6) is 0.446. The molecule has 0 saturated heterocycles. The molecule has 1 N–H and O–H groups in total. The Morgan fingerprint density at radius 2 is 1.94 bits per heavy atom. The number of alkyl halides is 1. The van der Waals surface area contributed by atoms with Crippen LogP contribution in [0.5, 0.6) is 0 Å². The van der Waals surface area contributed by atoms with E-state index in [1.807, 2.05) is 44.2 Å². The Bertz CT molecular complexity index is 324. The molecule has 0 aliphatic carbocycles. The van der Waals surface area contributed by atoms with Gasteiger partial charge in [0.1, 0.15) is 0 Å². The van der Waals surface area contributed by atoms with Crippen molar-refractivity contribution in [3.05, 3.63) is 35.9 Å². The summed E-state index contributed by atoms with van der Waals surface area (Å²) in [6.45, 7) is 4.53. The molecule has 0 radical (unpaired) electrons. The number of hydrogen-bond acceptors (Lipinski definition) is 1. The number of nitrogens with one attached hydrogen (secondary N) is 1. The minimum Gasteiger partial charge on any atom is -0.354 e. The van der Waals surface area contributed by atoms with E-state index in [1.165, 1.54) is 0 Å². The molecule has 0 fully saturated rings. The van der Waals surface area contributed by atoms with E-state index >= 15 is 0 Å². The fourth-order valence-electron chi connectivity index (χ4n) is 1.43. The Morgan fingerprint density at radius 1 is 1.31 bits per heavy atom. The van der Waals surface area contributed by atoms with E-state index in [-0.39, 0.29) is 11.3 Å². The van der Waals surface area contributed by atoms with Crippen molar-refractivity contribution in [1.82, 2.24) is 5.32 Å². The average molecular weight is 240 g/mol. The van der Waals surface area contributed by atoms with E-state index in [2.05, 4.69) is 5.32 Å². The van der Waals surface area contributed by atoms with Gasteiger partial charge < -0.3 is 5.32 Å². The van der Waals surface area contributed by atoms with Crippen molar-refractivity contribution >= 4 is 17.5 Å². The van der Waals surface area contributed by atoms with Crippen molar-refractivity contribution in [2.24, 2.45) is 5.92 Å². The van der Waals surface area contributed by atoms with Gasteiger partial charge in [0.15, 0.2) is 0 Å². The Morgan fingerprint density at radius 3 is 2.50 bits per heavy atom. The maximum absolute atomic E-state index is 11.4. The predicted molar refractivity (Wildman–Crippen MR) is 67.5 cm³/mol. The zero-order valence-corrected chi connectivity index (χ0v) is 10.5. The molecule has 0 bridgehead atoms. The highest BCUT2D eigenvalue weighted by atomic mass is 35.5. The Balaban J connectivity index is 2.36. The van der Waals surface area contributed by atoms with E-state index in [1.54, 1.807) is 0 Å². The van der Waals surface area contributed by atoms with Crippen molar-refractivity contribution < 1.29 is 4.79 Å². The van der Waals surface area contributed by atoms with Gasteiger partial charge >= 0.3 is 0 Å². The summed E-state index contributed by atoms with van der Waals surface area (Å²) >= 11 is 6.17. The molecule has 88 valence electrons. The predicted octanol–water partition coefficient (Wildman–Crippen LogP) is 3.13. The van der Waals surface area contributed by atoms with Gasteiger partial charge in [0, 0.05) is 13.0 Å². The third-order valence-corrected chi connectivity index (χ3v) is 2.64. The van der Waals surface area contributed by atoms with E-state index in [0.717, 1.165) is 5.56 Å². The number of rotatable bonds is 5. The molecule has 1 aromatic carbocycles. The first kappa shape index (κ1) is 13.0. The van der Waals surface area contributed by atoms with E-state index in [9.17, 15) is 4.79 Å². The zero-order chi connectivity index (χ0) is 12.0. The molecule has 16 heavy (non-hydrogen) atoms. The molecule has 0 heterocycles. The van der Waals surface area contributed by atoms with Gasteiger partial charge in [-0.25, -0.2) is 0 Å².